The number of hydrogen-bond acceptors (Lipinski definition) is 5. The molecule has 1 heterocycles. The van der Waals surface area contributed by atoms with Crippen LogP contribution in [0, 0.1) is 0 Å². The lowest BCUT2D eigenvalue weighted by atomic mass is 9.98. The number of ether oxygens (including phenoxy) is 1. The summed E-state index contributed by atoms with van der Waals surface area (Å²) in [6.07, 6.45) is 0.934. The maximum Gasteiger partial charge on any atom is 0.335 e. The molecular weight excluding hydrogens is 549 g/mol. The van der Waals surface area contributed by atoms with E-state index in [2.05, 4.69) is 5.16 Å². The van der Waals surface area contributed by atoms with Crippen molar-refractivity contribution in [3.8, 4) is 17.0 Å². The van der Waals surface area contributed by atoms with E-state index >= 15 is 0 Å². The topological polar surface area (TPSA) is 92.8 Å². The first-order valence-electron chi connectivity index (χ1n) is 12.0. The van der Waals surface area contributed by atoms with Crippen molar-refractivity contribution in [1.82, 2.24) is 5.16 Å². The van der Waals surface area contributed by atoms with E-state index in [9.17, 15) is 9.90 Å². The Morgan fingerprint density at radius 2 is 1.71 bits per heavy atom. The highest BCUT2D eigenvalue weighted by molar-refractivity contribution is 6.39. The third-order valence-electron chi connectivity index (χ3n) is 6.67. The lowest BCUT2D eigenvalue weighted by molar-refractivity contribution is 0.0452. The maximum absolute atomic E-state index is 11.1. The van der Waals surface area contributed by atoms with E-state index in [1.807, 2.05) is 24.3 Å². The van der Waals surface area contributed by atoms with Crippen LogP contribution in [0.4, 0.5) is 0 Å². The summed E-state index contributed by atoms with van der Waals surface area (Å²) in [4.78, 5) is 11.1. The molecule has 2 unspecified atom stereocenters. The summed E-state index contributed by atoms with van der Waals surface area (Å²) >= 11 is 19.5. The molecule has 2 atom stereocenters. The van der Waals surface area contributed by atoms with Crippen LogP contribution in [-0.2, 0) is 12.2 Å². The zero-order valence-electron chi connectivity index (χ0n) is 20.5. The van der Waals surface area contributed by atoms with Gasteiger partial charge in [-0.05, 0) is 79.6 Å². The summed E-state index contributed by atoms with van der Waals surface area (Å²) in [5.41, 5.74) is 2.48. The molecule has 0 bridgehead atoms. The molecule has 196 valence electrons. The zero-order chi connectivity index (χ0) is 27.2. The van der Waals surface area contributed by atoms with Gasteiger partial charge in [0.25, 0.3) is 0 Å². The molecule has 1 aromatic heterocycles. The SMILES string of the molecule is CC(C)(O)c1onc(-c2c(Cl)cccc2Cl)c1COc1ccc(C2CC2c2ccc(C(=O)O)cc2)c(Cl)c1. The molecule has 0 aliphatic heterocycles. The van der Waals surface area contributed by atoms with Crippen molar-refractivity contribution < 1.29 is 24.3 Å². The summed E-state index contributed by atoms with van der Waals surface area (Å²) in [6.45, 7) is 3.24. The van der Waals surface area contributed by atoms with E-state index in [4.69, 9.17) is 49.2 Å². The molecule has 5 rings (SSSR count). The maximum atomic E-state index is 11.1. The second-order valence-corrected chi connectivity index (χ2v) is 11.1. The van der Waals surface area contributed by atoms with E-state index in [1.165, 1.54) is 0 Å². The van der Waals surface area contributed by atoms with E-state index in [1.54, 1.807) is 50.2 Å². The number of nitrogens with zero attached hydrogens (tertiary/aromatic N) is 1. The van der Waals surface area contributed by atoms with Gasteiger partial charge in [0.15, 0.2) is 5.76 Å². The molecule has 1 aliphatic rings. The number of carboxylic acids is 1. The van der Waals surface area contributed by atoms with E-state index in [-0.39, 0.29) is 29.8 Å². The summed E-state index contributed by atoms with van der Waals surface area (Å²) in [6, 6.07) is 17.7. The van der Waals surface area contributed by atoms with Crippen molar-refractivity contribution in [2.75, 3.05) is 0 Å². The van der Waals surface area contributed by atoms with Gasteiger partial charge in [-0.25, -0.2) is 4.79 Å². The molecule has 4 aromatic rings. The van der Waals surface area contributed by atoms with Crippen molar-refractivity contribution in [3.05, 3.63) is 104 Å². The Morgan fingerprint density at radius 1 is 1.03 bits per heavy atom. The monoisotopic (exact) mass is 571 g/mol. The van der Waals surface area contributed by atoms with Gasteiger partial charge in [0.05, 0.1) is 21.2 Å². The van der Waals surface area contributed by atoms with Gasteiger partial charge < -0.3 is 19.5 Å². The first kappa shape index (κ1) is 26.6. The minimum absolute atomic E-state index is 0.0391. The minimum Gasteiger partial charge on any atom is -0.489 e. The van der Waals surface area contributed by atoms with Crippen LogP contribution in [-0.4, -0.2) is 21.3 Å². The van der Waals surface area contributed by atoms with Crippen LogP contribution in [0.5, 0.6) is 5.75 Å². The fourth-order valence-electron chi connectivity index (χ4n) is 4.68. The Morgan fingerprint density at radius 3 is 2.32 bits per heavy atom. The normalized spacial score (nSPS) is 16.9. The van der Waals surface area contributed by atoms with Crippen molar-refractivity contribution in [1.29, 1.82) is 0 Å². The number of benzene rings is 3. The molecule has 0 saturated heterocycles. The number of rotatable bonds is 8. The smallest absolute Gasteiger partial charge is 0.335 e. The molecule has 1 fully saturated rings. The highest BCUT2D eigenvalue weighted by Crippen LogP contribution is 2.56. The fraction of sp³-hybridized carbons (Fsp3) is 0.241. The molecule has 1 aliphatic carbocycles. The molecule has 0 spiro atoms. The van der Waals surface area contributed by atoms with Crippen LogP contribution in [0.15, 0.2) is 65.2 Å². The molecule has 6 nitrogen and oxygen atoms in total. The van der Waals surface area contributed by atoms with E-state index in [0.29, 0.717) is 37.6 Å². The summed E-state index contributed by atoms with van der Waals surface area (Å²) in [5.74, 6) is 0.393. The highest BCUT2D eigenvalue weighted by atomic mass is 35.5. The van der Waals surface area contributed by atoms with Crippen molar-refractivity contribution in [3.63, 3.8) is 0 Å². The quantitative estimate of drug-likeness (QED) is 0.222. The molecule has 1 saturated carbocycles. The van der Waals surface area contributed by atoms with Crippen molar-refractivity contribution >= 4 is 40.8 Å². The predicted octanol–water partition coefficient (Wildman–Crippen LogP) is 8.08. The number of aromatic carboxylic acids is 1. The fourth-order valence-corrected chi connectivity index (χ4v) is 5.57. The Labute approximate surface area is 234 Å². The van der Waals surface area contributed by atoms with Crippen molar-refractivity contribution in [2.45, 2.75) is 44.3 Å². The molecule has 0 amide bonds. The number of halogens is 3. The Balaban J connectivity index is 1.35. The van der Waals surface area contributed by atoms with Crippen LogP contribution in [0.2, 0.25) is 15.1 Å². The van der Waals surface area contributed by atoms with Crippen LogP contribution >= 0.6 is 34.8 Å². The number of aromatic nitrogens is 1. The molecule has 0 radical (unpaired) electrons. The van der Waals surface area contributed by atoms with Gasteiger partial charge in [0, 0.05) is 10.6 Å². The first-order chi connectivity index (χ1) is 18.0. The molecular formula is C29H24Cl3NO5. The highest BCUT2D eigenvalue weighted by Gasteiger charge is 2.40. The number of carboxylic acid groups (broad SMARTS) is 1. The van der Waals surface area contributed by atoms with Crippen LogP contribution in [0.25, 0.3) is 11.3 Å². The minimum atomic E-state index is -1.32. The Kier molecular flexibility index (Phi) is 7.18. The lowest BCUT2D eigenvalue weighted by Gasteiger charge is -2.16. The van der Waals surface area contributed by atoms with E-state index < -0.39 is 11.6 Å². The lowest BCUT2D eigenvalue weighted by Crippen LogP contribution is -2.17. The summed E-state index contributed by atoms with van der Waals surface area (Å²) in [7, 11) is 0. The standard InChI is InChI=1S/C29H24Cl3NO5/c1-29(2,36)27-21(26(33-38-27)25-22(30)4-3-5-23(25)31)14-37-17-10-11-18(24(32)12-17)20-13-19(20)15-6-8-16(9-7-15)28(34)35/h3-12,19-20,36H,13-14H2,1-2H3,(H,34,35). The van der Waals surface area contributed by atoms with Gasteiger partial charge in [-0.2, -0.15) is 0 Å². The van der Waals surface area contributed by atoms with Gasteiger partial charge >= 0.3 is 5.97 Å². The van der Waals surface area contributed by atoms with Crippen molar-refractivity contribution in [2.24, 2.45) is 0 Å². The number of carbonyl (C=O) groups is 1. The Bertz CT molecular complexity index is 1490. The zero-order valence-corrected chi connectivity index (χ0v) is 22.8. The first-order valence-corrected chi connectivity index (χ1v) is 13.1. The van der Waals surface area contributed by atoms with Gasteiger partial charge in [-0.1, -0.05) is 64.2 Å². The average molecular weight is 573 g/mol. The summed E-state index contributed by atoms with van der Waals surface area (Å²) in [5, 5.41) is 25.3. The van der Waals surface area contributed by atoms with Crippen LogP contribution < -0.4 is 4.74 Å². The molecule has 3 aromatic carbocycles. The van der Waals surface area contributed by atoms with Gasteiger partial charge in [-0.15, -0.1) is 0 Å². The average Bonchev–Trinajstić information content (AvgIpc) is 3.53. The molecule has 2 N–H and O–H groups in total. The second kappa shape index (κ2) is 10.3. The second-order valence-electron chi connectivity index (χ2n) is 9.84. The predicted molar refractivity (Wildman–Crippen MR) is 146 cm³/mol. The third-order valence-corrected chi connectivity index (χ3v) is 7.63. The third kappa shape index (κ3) is 5.27. The van der Waals surface area contributed by atoms with Crippen LogP contribution in [0.3, 0.4) is 0 Å². The van der Waals surface area contributed by atoms with Gasteiger partial charge in [0.1, 0.15) is 23.7 Å². The number of aliphatic hydroxyl groups is 1. The summed E-state index contributed by atoms with van der Waals surface area (Å²) < 4.78 is 11.6. The molecule has 9 heteroatoms. The van der Waals surface area contributed by atoms with Gasteiger partial charge in [0.2, 0.25) is 0 Å². The van der Waals surface area contributed by atoms with E-state index in [0.717, 1.165) is 17.5 Å². The molecule has 38 heavy (non-hydrogen) atoms. The largest absolute Gasteiger partial charge is 0.489 e. The Hall–Kier alpha value is -3.03. The van der Waals surface area contributed by atoms with Gasteiger partial charge in [-0.3, -0.25) is 0 Å². The number of hydrogen-bond donors (Lipinski definition) is 2. The van der Waals surface area contributed by atoms with Crippen LogP contribution in [0.1, 0.15) is 64.9 Å².